The number of hydrogen-bond donors (Lipinski definition) is 1. The maximum atomic E-state index is 12.7. The number of rotatable bonds is 7. The summed E-state index contributed by atoms with van der Waals surface area (Å²) in [5.41, 5.74) is 2.87. The van der Waals surface area contributed by atoms with Gasteiger partial charge in [0, 0.05) is 5.56 Å². The van der Waals surface area contributed by atoms with Crippen LogP contribution in [0.5, 0.6) is 0 Å². The van der Waals surface area contributed by atoms with Gasteiger partial charge in [0.1, 0.15) is 5.76 Å². The molecule has 0 saturated heterocycles. The molecule has 5 nitrogen and oxygen atoms in total. The van der Waals surface area contributed by atoms with E-state index in [2.05, 4.69) is 15.5 Å². The second-order valence-electron chi connectivity index (χ2n) is 5.75. The number of furan rings is 1. The maximum absolute atomic E-state index is 12.7. The molecule has 0 radical (unpaired) electrons. The van der Waals surface area contributed by atoms with Crippen LogP contribution in [0.4, 0.5) is 5.13 Å². The van der Waals surface area contributed by atoms with Crippen molar-refractivity contribution in [1.82, 2.24) is 10.2 Å². The van der Waals surface area contributed by atoms with Gasteiger partial charge in [0.2, 0.25) is 5.13 Å². The minimum absolute atomic E-state index is 0.117. The minimum Gasteiger partial charge on any atom is -0.467 e. The van der Waals surface area contributed by atoms with Gasteiger partial charge in [0.25, 0.3) is 0 Å². The SMILES string of the molecule is Cc1ccc(C)c(C(=O)[C@H](C)Sc2nnc(NCc3ccco3)s2)c1. The molecule has 0 unspecified atom stereocenters. The molecule has 3 aromatic rings. The summed E-state index contributed by atoms with van der Waals surface area (Å²) in [5.74, 6) is 0.953. The molecule has 0 aliphatic carbocycles. The summed E-state index contributed by atoms with van der Waals surface area (Å²) in [6.45, 7) is 6.43. The van der Waals surface area contributed by atoms with Crippen LogP contribution in [-0.2, 0) is 6.54 Å². The zero-order chi connectivity index (χ0) is 17.8. The van der Waals surface area contributed by atoms with E-state index in [9.17, 15) is 4.79 Å². The zero-order valence-electron chi connectivity index (χ0n) is 14.3. The van der Waals surface area contributed by atoms with Gasteiger partial charge in [-0.1, -0.05) is 40.8 Å². The van der Waals surface area contributed by atoms with E-state index in [1.165, 1.54) is 23.1 Å². The van der Waals surface area contributed by atoms with Crippen molar-refractivity contribution in [3.05, 3.63) is 59.0 Å². The summed E-state index contributed by atoms with van der Waals surface area (Å²) >= 11 is 2.88. The highest BCUT2D eigenvalue weighted by Gasteiger charge is 2.20. The molecule has 25 heavy (non-hydrogen) atoms. The Hall–Kier alpha value is -2.12. The number of ketones is 1. The van der Waals surface area contributed by atoms with Crippen molar-refractivity contribution in [2.24, 2.45) is 0 Å². The minimum atomic E-state index is -0.216. The lowest BCUT2D eigenvalue weighted by molar-refractivity contribution is 0.0993. The molecule has 7 heteroatoms. The zero-order valence-corrected chi connectivity index (χ0v) is 15.9. The van der Waals surface area contributed by atoms with Gasteiger partial charge in [0.15, 0.2) is 10.1 Å². The van der Waals surface area contributed by atoms with Gasteiger partial charge in [-0.05, 0) is 44.5 Å². The monoisotopic (exact) mass is 373 g/mol. The summed E-state index contributed by atoms with van der Waals surface area (Å²) in [7, 11) is 0. The van der Waals surface area contributed by atoms with Gasteiger partial charge >= 0.3 is 0 Å². The second kappa shape index (κ2) is 7.84. The first-order valence-electron chi connectivity index (χ1n) is 7.91. The Morgan fingerprint density at radius 2 is 2.16 bits per heavy atom. The molecule has 1 aromatic carbocycles. The van der Waals surface area contributed by atoms with Crippen LogP contribution in [0.25, 0.3) is 0 Å². The predicted molar refractivity (Wildman–Crippen MR) is 102 cm³/mol. The van der Waals surface area contributed by atoms with Crippen molar-refractivity contribution in [1.29, 1.82) is 0 Å². The van der Waals surface area contributed by atoms with Gasteiger partial charge in [-0.25, -0.2) is 0 Å². The van der Waals surface area contributed by atoms with Crippen LogP contribution < -0.4 is 5.32 Å². The molecule has 0 fully saturated rings. The Morgan fingerprint density at radius 3 is 2.92 bits per heavy atom. The fraction of sp³-hybridized carbons (Fsp3) is 0.278. The highest BCUT2D eigenvalue weighted by Crippen LogP contribution is 2.31. The number of aryl methyl sites for hydroxylation is 2. The number of benzene rings is 1. The average molecular weight is 374 g/mol. The molecular weight excluding hydrogens is 354 g/mol. The van der Waals surface area contributed by atoms with E-state index in [0.717, 1.165) is 26.8 Å². The van der Waals surface area contributed by atoms with E-state index >= 15 is 0 Å². The van der Waals surface area contributed by atoms with E-state index in [4.69, 9.17) is 4.42 Å². The van der Waals surface area contributed by atoms with Crippen LogP contribution in [0.1, 0.15) is 34.2 Å². The van der Waals surface area contributed by atoms with E-state index < -0.39 is 0 Å². The van der Waals surface area contributed by atoms with Gasteiger partial charge in [-0.2, -0.15) is 0 Å². The fourth-order valence-corrected chi connectivity index (χ4v) is 4.29. The first-order chi connectivity index (χ1) is 12.0. The number of Topliss-reactive ketones (excluding diaryl/α,β-unsaturated/α-hetero) is 1. The van der Waals surface area contributed by atoms with E-state index in [1.807, 2.05) is 51.1 Å². The van der Waals surface area contributed by atoms with Crippen molar-refractivity contribution in [3.8, 4) is 0 Å². The molecule has 0 aliphatic heterocycles. The standard InChI is InChI=1S/C18H19N3O2S2/c1-11-6-7-12(2)15(9-11)16(22)13(3)24-18-21-20-17(25-18)19-10-14-5-4-8-23-14/h4-9,13H,10H2,1-3H3,(H,19,20)/t13-/m0/s1. The third-order valence-electron chi connectivity index (χ3n) is 3.71. The van der Waals surface area contributed by atoms with Crippen LogP contribution in [0, 0.1) is 13.8 Å². The smallest absolute Gasteiger partial charge is 0.206 e. The Bertz CT molecular complexity index is 859. The highest BCUT2D eigenvalue weighted by molar-refractivity contribution is 8.02. The molecule has 1 N–H and O–H groups in total. The van der Waals surface area contributed by atoms with Gasteiger partial charge in [-0.15, -0.1) is 10.2 Å². The van der Waals surface area contributed by atoms with E-state index in [0.29, 0.717) is 11.7 Å². The number of carbonyl (C=O) groups is 1. The number of anilines is 1. The fourth-order valence-electron chi connectivity index (χ4n) is 2.33. The molecule has 130 valence electrons. The lowest BCUT2D eigenvalue weighted by Crippen LogP contribution is -2.15. The van der Waals surface area contributed by atoms with Crippen LogP contribution >= 0.6 is 23.1 Å². The van der Waals surface area contributed by atoms with Crippen molar-refractivity contribution >= 4 is 34.0 Å². The molecule has 0 bridgehead atoms. The Morgan fingerprint density at radius 1 is 1.32 bits per heavy atom. The van der Waals surface area contributed by atoms with Crippen molar-refractivity contribution in [3.63, 3.8) is 0 Å². The molecule has 0 saturated carbocycles. The van der Waals surface area contributed by atoms with E-state index in [-0.39, 0.29) is 11.0 Å². The van der Waals surface area contributed by atoms with Gasteiger partial charge in [-0.3, -0.25) is 4.79 Å². The van der Waals surface area contributed by atoms with Crippen LogP contribution in [0.15, 0.2) is 45.4 Å². The highest BCUT2D eigenvalue weighted by atomic mass is 32.2. The summed E-state index contributed by atoms with van der Waals surface area (Å²) in [4.78, 5) is 12.7. The lowest BCUT2D eigenvalue weighted by Gasteiger charge is -2.11. The van der Waals surface area contributed by atoms with Crippen molar-refractivity contribution in [2.45, 2.75) is 36.9 Å². The van der Waals surface area contributed by atoms with Gasteiger partial charge < -0.3 is 9.73 Å². The first kappa shape index (κ1) is 17.7. The molecule has 0 amide bonds. The second-order valence-corrected chi connectivity index (χ2v) is 8.31. The lowest BCUT2D eigenvalue weighted by atomic mass is 10.0. The quantitative estimate of drug-likeness (QED) is 0.477. The Labute approximate surface area is 154 Å². The van der Waals surface area contributed by atoms with Crippen LogP contribution in [0.3, 0.4) is 0 Å². The summed E-state index contributed by atoms with van der Waals surface area (Å²) in [6.07, 6.45) is 1.64. The molecule has 0 aliphatic rings. The third kappa shape index (κ3) is 4.49. The van der Waals surface area contributed by atoms with E-state index in [1.54, 1.807) is 6.26 Å². The molecule has 0 spiro atoms. The number of nitrogens with zero attached hydrogens (tertiary/aromatic N) is 2. The molecule has 3 rings (SSSR count). The summed E-state index contributed by atoms with van der Waals surface area (Å²) in [6, 6.07) is 9.70. The summed E-state index contributed by atoms with van der Waals surface area (Å²) in [5, 5.41) is 11.9. The molecular formula is C18H19N3O2S2. The molecule has 1 atom stereocenters. The number of carbonyl (C=O) groups excluding carboxylic acids is 1. The normalized spacial score (nSPS) is 12.1. The van der Waals surface area contributed by atoms with Gasteiger partial charge in [0.05, 0.1) is 18.1 Å². The molecule has 2 aromatic heterocycles. The third-order valence-corrected chi connectivity index (χ3v) is 5.77. The Balaban J connectivity index is 1.61. The average Bonchev–Trinajstić information content (AvgIpc) is 3.26. The number of nitrogens with one attached hydrogen (secondary N) is 1. The topological polar surface area (TPSA) is 68.0 Å². The summed E-state index contributed by atoms with van der Waals surface area (Å²) < 4.78 is 6.04. The first-order valence-corrected chi connectivity index (χ1v) is 9.60. The van der Waals surface area contributed by atoms with Crippen LogP contribution in [-0.4, -0.2) is 21.2 Å². The van der Waals surface area contributed by atoms with Crippen molar-refractivity contribution in [2.75, 3.05) is 5.32 Å². The number of thioether (sulfide) groups is 1. The predicted octanol–water partition coefficient (Wildman–Crippen LogP) is 4.72. The molecule has 2 heterocycles. The Kier molecular flexibility index (Phi) is 5.55. The van der Waals surface area contributed by atoms with Crippen molar-refractivity contribution < 1.29 is 9.21 Å². The van der Waals surface area contributed by atoms with Crippen LogP contribution in [0.2, 0.25) is 0 Å². The maximum Gasteiger partial charge on any atom is 0.206 e. The number of aromatic nitrogens is 2. The largest absolute Gasteiger partial charge is 0.467 e. The number of hydrogen-bond acceptors (Lipinski definition) is 7.